The van der Waals surface area contributed by atoms with Crippen LogP contribution in [0.5, 0.6) is 11.5 Å². The minimum Gasteiger partial charge on any atom is -0.490 e. The lowest BCUT2D eigenvalue weighted by Crippen LogP contribution is -2.33. The lowest BCUT2D eigenvalue weighted by molar-refractivity contribution is -0.143. The number of carbonyl (C=O) groups is 3. The third-order valence-corrected chi connectivity index (χ3v) is 4.23. The summed E-state index contributed by atoms with van der Waals surface area (Å²) in [5.41, 5.74) is 0.627. The van der Waals surface area contributed by atoms with E-state index in [1.54, 1.807) is 12.1 Å². The van der Waals surface area contributed by atoms with Crippen LogP contribution in [0.3, 0.4) is 0 Å². The number of urea groups is 1. The summed E-state index contributed by atoms with van der Waals surface area (Å²) in [6.07, 6.45) is 1.40. The minimum absolute atomic E-state index is 0.00541. The molecule has 0 aliphatic carbocycles. The van der Waals surface area contributed by atoms with E-state index >= 15 is 0 Å². The standard InChI is InChI=1S/C17H19BrN2O5/c1-4-7-19-15(21)16(22)20(17(19)23)10-11-8-13(24-5-2)14(25-6-3)9-12(11)18/h4,8-9H,1,5-7,10H2,2-3H3. The molecule has 1 heterocycles. The molecule has 1 fully saturated rings. The molecule has 1 aliphatic rings. The average molecular weight is 411 g/mol. The highest BCUT2D eigenvalue weighted by Gasteiger charge is 2.43. The zero-order valence-electron chi connectivity index (χ0n) is 14.1. The largest absolute Gasteiger partial charge is 0.490 e. The molecular weight excluding hydrogens is 392 g/mol. The van der Waals surface area contributed by atoms with Gasteiger partial charge in [-0.25, -0.2) is 4.79 Å². The van der Waals surface area contributed by atoms with Gasteiger partial charge in [-0.15, -0.1) is 6.58 Å². The number of carbonyl (C=O) groups excluding carboxylic acids is 3. The van der Waals surface area contributed by atoms with Crippen molar-refractivity contribution in [2.45, 2.75) is 20.4 Å². The first-order valence-electron chi connectivity index (χ1n) is 7.80. The van der Waals surface area contributed by atoms with E-state index in [1.807, 2.05) is 13.8 Å². The Labute approximate surface area is 154 Å². The number of halogens is 1. The van der Waals surface area contributed by atoms with Crippen molar-refractivity contribution in [3.05, 3.63) is 34.8 Å². The van der Waals surface area contributed by atoms with Crippen molar-refractivity contribution in [1.29, 1.82) is 0 Å². The molecule has 1 aromatic carbocycles. The van der Waals surface area contributed by atoms with Gasteiger partial charge in [0.05, 0.1) is 19.8 Å². The van der Waals surface area contributed by atoms with E-state index in [9.17, 15) is 14.4 Å². The number of nitrogens with zero attached hydrogens (tertiary/aromatic N) is 2. The van der Waals surface area contributed by atoms with Crippen LogP contribution < -0.4 is 9.47 Å². The van der Waals surface area contributed by atoms with Crippen LogP contribution in [-0.2, 0) is 16.1 Å². The molecule has 0 spiro atoms. The minimum atomic E-state index is -0.856. The van der Waals surface area contributed by atoms with E-state index in [4.69, 9.17) is 9.47 Å². The summed E-state index contributed by atoms with van der Waals surface area (Å²) >= 11 is 3.41. The molecule has 7 nitrogen and oxygen atoms in total. The summed E-state index contributed by atoms with van der Waals surface area (Å²) < 4.78 is 11.7. The molecule has 0 N–H and O–H groups in total. The molecule has 0 unspecified atom stereocenters. The van der Waals surface area contributed by atoms with Crippen LogP contribution in [0, 0.1) is 0 Å². The Morgan fingerprint density at radius 2 is 1.60 bits per heavy atom. The summed E-state index contributed by atoms with van der Waals surface area (Å²) in [5, 5.41) is 0. The molecule has 0 saturated carbocycles. The van der Waals surface area contributed by atoms with Gasteiger partial charge < -0.3 is 9.47 Å². The normalized spacial score (nSPS) is 14.3. The van der Waals surface area contributed by atoms with Gasteiger partial charge >= 0.3 is 17.8 Å². The molecule has 1 saturated heterocycles. The third kappa shape index (κ3) is 3.84. The number of hydrogen-bond donors (Lipinski definition) is 0. The number of benzene rings is 1. The Morgan fingerprint density at radius 1 is 1.04 bits per heavy atom. The van der Waals surface area contributed by atoms with Gasteiger partial charge in [-0.05, 0) is 31.5 Å². The van der Waals surface area contributed by atoms with Crippen molar-refractivity contribution in [2.24, 2.45) is 0 Å². The second-order valence-electron chi connectivity index (χ2n) is 5.13. The van der Waals surface area contributed by atoms with E-state index in [2.05, 4.69) is 22.5 Å². The van der Waals surface area contributed by atoms with Gasteiger partial charge in [0.15, 0.2) is 11.5 Å². The van der Waals surface area contributed by atoms with E-state index in [0.717, 1.165) is 9.80 Å². The molecule has 0 aromatic heterocycles. The van der Waals surface area contributed by atoms with Gasteiger partial charge in [-0.3, -0.25) is 19.4 Å². The Bertz CT molecular complexity index is 719. The van der Waals surface area contributed by atoms with Crippen LogP contribution in [0.4, 0.5) is 4.79 Å². The van der Waals surface area contributed by atoms with Crippen molar-refractivity contribution in [3.8, 4) is 11.5 Å². The second kappa shape index (κ2) is 8.15. The van der Waals surface area contributed by atoms with Crippen molar-refractivity contribution >= 4 is 33.8 Å². The van der Waals surface area contributed by atoms with Gasteiger partial charge in [0.2, 0.25) is 0 Å². The molecule has 0 atom stereocenters. The first-order chi connectivity index (χ1) is 11.9. The molecule has 2 rings (SSSR count). The monoisotopic (exact) mass is 410 g/mol. The molecule has 0 bridgehead atoms. The maximum atomic E-state index is 12.3. The zero-order valence-corrected chi connectivity index (χ0v) is 15.7. The van der Waals surface area contributed by atoms with Crippen LogP contribution in [0.1, 0.15) is 19.4 Å². The highest BCUT2D eigenvalue weighted by atomic mass is 79.9. The average Bonchev–Trinajstić information content (AvgIpc) is 2.77. The molecule has 4 amide bonds. The first kappa shape index (κ1) is 19.0. The SMILES string of the molecule is C=CCN1C(=O)C(=O)N(Cc2cc(OCC)c(OCC)cc2Br)C1=O. The van der Waals surface area contributed by atoms with Crippen molar-refractivity contribution in [2.75, 3.05) is 19.8 Å². The van der Waals surface area contributed by atoms with Gasteiger partial charge in [0.1, 0.15) is 0 Å². The molecule has 134 valence electrons. The fourth-order valence-corrected chi connectivity index (χ4v) is 2.83. The molecule has 1 aromatic rings. The summed E-state index contributed by atoms with van der Waals surface area (Å²) in [6, 6.07) is 2.76. The maximum Gasteiger partial charge on any atom is 0.334 e. The molecular formula is C17H19BrN2O5. The number of rotatable bonds is 8. The molecule has 25 heavy (non-hydrogen) atoms. The van der Waals surface area contributed by atoms with Crippen LogP contribution in [0.25, 0.3) is 0 Å². The van der Waals surface area contributed by atoms with Crippen molar-refractivity contribution in [1.82, 2.24) is 9.80 Å². The van der Waals surface area contributed by atoms with Crippen molar-refractivity contribution < 1.29 is 23.9 Å². The summed E-state index contributed by atoms with van der Waals surface area (Å²) in [4.78, 5) is 38.1. The lowest BCUT2D eigenvalue weighted by atomic mass is 10.2. The Morgan fingerprint density at radius 3 is 2.16 bits per heavy atom. The molecule has 8 heteroatoms. The molecule has 0 radical (unpaired) electrons. The van der Waals surface area contributed by atoms with Crippen molar-refractivity contribution in [3.63, 3.8) is 0 Å². The van der Waals surface area contributed by atoms with Gasteiger partial charge in [-0.2, -0.15) is 0 Å². The fourth-order valence-electron chi connectivity index (χ4n) is 2.39. The van der Waals surface area contributed by atoms with E-state index in [1.165, 1.54) is 6.08 Å². The molecule has 1 aliphatic heterocycles. The first-order valence-corrected chi connectivity index (χ1v) is 8.60. The Kier molecular flexibility index (Phi) is 6.19. The fraction of sp³-hybridized carbons (Fsp3) is 0.353. The zero-order chi connectivity index (χ0) is 18.6. The number of ether oxygens (including phenoxy) is 2. The van der Waals surface area contributed by atoms with E-state index in [-0.39, 0.29) is 13.1 Å². The van der Waals surface area contributed by atoms with Crippen LogP contribution in [-0.4, -0.2) is 47.4 Å². The second-order valence-corrected chi connectivity index (χ2v) is 5.99. The van der Waals surface area contributed by atoms with Crippen LogP contribution >= 0.6 is 15.9 Å². The third-order valence-electron chi connectivity index (χ3n) is 3.49. The summed E-state index contributed by atoms with van der Waals surface area (Å²) in [5.74, 6) is -0.637. The number of hydrogen-bond acceptors (Lipinski definition) is 5. The topological polar surface area (TPSA) is 76.2 Å². The van der Waals surface area contributed by atoms with E-state index < -0.39 is 17.8 Å². The summed E-state index contributed by atoms with van der Waals surface area (Å²) in [6.45, 7) is 8.04. The Balaban J connectivity index is 2.31. The number of amides is 4. The van der Waals surface area contributed by atoms with Crippen LogP contribution in [0.15, 0.2) is 29.3 Å². The summed E-state index contributed by atoms with van der Waals surface area (Å²) in [7, 11) is 0. The lowest BCUT2D eigenvalue weighted by Gasteiger charge is -2.18. The van der Waals surface area contributed by atoms with Gasteiger partial charge in [-0.1, -0.05) is 22.0 Å². The smallest absolute Gasteiger partial charge is 0.334 e. The Hall–Kier alpha value is -2.35. The highest BCUT2D eigenvalue weighted by Crippen LogP contribution is 2.35. The number of imide groups is 2. The van der Waals surface area contributed by atoms with E-state index in [0.29, 0.717) is 34.7 Å². The van der Waals surface area contributed by atoms with Gasteiger partial charge in [0, 0.05) is 11.0 Å². The predicted molar refractivity (Wildman–Crippen MR) is 94.3 cm³/mol. The predicted octanol–water partition coefficient (Wildman–Crippen LogP) is 2.72. The quantitative estimate of drug-likeness (QED) is 0.374. The maximum absolute atomic E-state index is 12.3. The highest BCUT2D eigenvalue weighted by molar-refractivity contribution is 9.10. The van der Waals surface area contributed by atoms with Crippen LogP contribution in [0.2, 0.25) is 0 Å². The van der Waals surface area contributed by atoms with Gasteiger partial charge in [0.25, 0.3) is 0 Å².